The minimum absolute atomic E-state index is 0.0244. The molecule has 5 atom stereocenters. The van der Waals surface area contributed by atoms with Gasteiger partial charge in [0.25, 0.3) is 0 Å². The Kier molecular flexibility index (Phi) is 18.4. The highest BCUT2D eigenvalue weighted by Gasteiger charge is 2.39. The van der Waals surface area contributed by atoms with Crippen LogP contribution >= 0.6 is 0 Å². The number of benzene rings is 1. The number of carbonyl (C=O) groups is 8. The third-order valence-electron chi connectivity index (χ3n) is 9.19. The van der Waals surface area contributed by atoms with Crippen LogP contribution in [0.1, 0.15) is 97.5 Å². The lowest BCUT2D eigenvalue weighted by atomic mass is 9.84. The van der Waals surface area contributed by atoms with Gasteiger partial charge in [-0.15, -0.1) is 0 Å². The summed E-state index contributed by atoms with van der Waals surface area (Å²) in [6.45, 7) is 6.18. The van der Waals surface area contributed by atoms with Crippen LogP contribution in [0.5, 0.6) is 0 Å². The lowest BCUT2D eigenvalue weighted by Crippen LogP contribution is -2.60. The second-order valence-electron chi connectivity index (χ2n) is 14.1. The molecule has 1 aliphatic rings. The molecule has 294 valence electrons. The number of carboxylic acid groups (broad SMARTS) is 2. The first kappa shape index (κ1) is 44.1. The fourth-order valence-corrected chi connectivity index (χ4v) is 6.58. The summed E-state index contributed by atoms with van der Waals surface area (Å²) >= 11 is 0. The predicted octanol–water partition coefficient (Wildman–Crippen LogP) is 1.25. The maximum absolute atomic E-state index is 14.3. The van der Waals surface area contributed by atoms with Crippen molar-refractivity contribution in [3.05, 3.63) is 35.9 Å². The minimum Gasteiger partial charge on any atom is -0.481 e. The van der Waals surface area contributed by atoms with Crippen LogP contribution in [0.3, 0.4) is 0 Å². The summed E-state index contributed by atoms with van der Waals surface area (Å²) < 4.78 is 0. The molecule has 16 heteroatoms. The van der Waals surface area contributed by atoms with Crippen LogP contribution in [0.4, 0.5) is 0 Å². The molecule has 2 rings (SSSR count). The molecule has 0 spiro atoms. The van der Waals surface area contributed by atoms with E-state index in [2.05, 4.69) is 21.3 Å². The number of amides is 6. The number of nitrogens with one attached hydrogen (secondary N) is 4. The van der Waals surface area contributed by atoms with E-state index in [0.29, 0.717) is 5.56 Å². The Morgan fingerprint density at radius 3 is 1.92 bits per heavy atom. The fraction of sp³-hybridized carbons (Fsp3) is 0.622. The van der Waals surface area contributed by atoms with Crippen molar-refractivity contribution in [3.8, 4) is 0 Å². The van der Waals surface area contributed by atoms with Gasteiger partial charge in [-0.3, -0.25) is 33.6 Å². The molecule has 1 fully saturated rings. The van der Waals surface area contributed by atoms with Crippen LogP contribution in [0.2, 0.25) is 0 Å². The SMILES string of the molecule is CCN(C(=O)[C@H](CC1CCCCC1)NC(=O)[C@H](CCC(N)=O)NC(C)=O)[C@@H](CC(=O)O)C(=O)N[C@@H](CC(C)C)C(=O)N[C@@H](Cc1ccccc1)C(=O)O. The number of aliphatic carboxylic acids is 2. The van der Waals surface area contributed by atoms with Gasteiger partial charge in [-0.25, -0.2) is 4.79 Å². The monoisotopic (exact) mass is 744 g/mol. The maximum Gasteiger partial charge on any atom is 0.326 e. The highest BCUT2D eigenvalue weighted by Crippen LogP contribution is 2.28. The highest BCUT2D eigenvalue weighted by molar-refractivity contribution is 5.97. The first-order chi connectivity index (χ1) is 25.0. The summed E-state index contributed by atoms with van der Waals surface area (Å²) in [5.41, 5.74) is 5.93. The zero-order chi connectivity index (χ0) is 39.7. The van der Waals surface area contributed by atoms with E-state index in [1.165, 1.54) is 6.92 Å². The zero-order valence-electron chi connectivity index (χ0n) is 31.1. The second-order valence-corrected chi connectivity index (χ2v) is 14.1. The summed E-state index contributed by atoms with van der Waals surface area (Å²) in [6.07, 6.45) is 3.49. The van der Waals surface area contributed by atoms with Crippen LogP contribution in [-0.2, 0) is 44.8 Å². The molecule has 53 heavy (non-hydrogen) atoms. The molecule has 8 N–H and O–H groups in total. The molecule has 1 saturated carbocycles. The van der Waals surface area contributed by atoms with Gasteiger partial charge in [-0.1, -0.05) is 76.3 Å². The van der Waals surface area contributed by atoms with Crippen molar-refractivity contribution in [2.75, 3.05) is 6.54 Å². The van der Waals surface area contributed by atoms with Gasteiger partial charge in [0.15, 0.2) is 0 Å². The van der Waals surface area contributed by atoms with Crippen LogP contribution in [0, 0.1) is 11.8 Å². The molecule has 0 saturated heterocycles. The van der Waals surface area contributed by atoms with E-state index < -0.39 is 84.0 Å². The summed E-state index contributed by atoms with van der Waals surface area (Å²) in [4.78, 5) is 104. The van der Waals surface area contributed by atoms with Crippen LogP contribution in [0.15, 0.2) is 30.3 Å². The van der Waals surface area contributed by atoms with E-state index >= 15 is 0 Å². The number of likely N-dealkylation sites (N-methyl/N-ethyl adjacent to an activating group) is 1. The summed E-state index contributed by atoms with van der Waals surface area (Å²) in [5, 5.41) is 30.0. The van der Waals surface area contributed by atoms with Crippen molar-refractivity contribution in [1.82, 2.24) is 26.2 Å². The first-order valence-corrected chi connectivity index (χ1v) is 18.3. The Labute approximate surface area is 310 Å². The van der Waals surface area contributed by atoms with Gasteiger partial charge in [0.1, 0.15) is 30.2 Å². The van der Waals surface area contributed by atoms with Crippen molar-refractivity contribution in [3.63, 3.8) is 0 Å². The molecule has 6 amide bonds. The Morgan fingerprint density at radius 1 is 0.811 bits per heavy atom. The average molecular weight is 745 g/mol. The molecule has 16 nitrogen and oxygen atoms in total. The number of hydrogen-bond donors (Lipinski definition) is 7. The molecule has 0 aliphatic heterocycles. The molecular weight excluding hydrogens is 688 g/mol. The number of primary amides is 1. The largest absolute Gasteiger partial charge is 0.481 e. The van der Waals surface area contributed by atoms with E-state index in [1.54, 1.807) is 51.1 Å². The Balaban J connectivity index is 2.41. The van der Waals surface area contributed by atoms with Crippen molar-refractivity contribution in [2.24, 2.45) is 17.6 Å². The lowest BCUT2D eigenvalue weighted by Gasteiger charge is -2.35. The average Bonchev–Trinajstić information content (AvgIpc) is 3.09. The molecule has 1 aromatic rings. The first-order valence-electron chi connectivity index (χ1n) is 18.3. The summed E-state index contributed by atoms with van der Waals surface area (Å²) in [6, 6.07) is 2.05. The third kappa shape index (κ3) is 15.6. The summed E-state index contributed by atoms with van der Waals surface area (Å²) in [5.74, 6) is -7.28. The van der Waals surface area contributed by atoms with Crippen LogP contribution < -0.4 is 27.0 Å². The van der Waals surface area contributed by atoms with Gasteiger partial charge in [-0.05, 0) is 43.6 Å². The molecule has 0 unspecified atom stereocenters. The van der Waals surface area contributed by atoms with E-state index in [-0.39, 0.29) is 50.5 Å². The van der Waals surface area contributed by atoms with Gasteiger partial charge < -0.3 is 42.1 Å². The molecule has 0 radical (unpaired) electrons. The number of carboxylic acids is 2. The van der Waals surface area contributed by atoms with Crippen LogP contribution in [-0.4, -0.2) is 99.2 Å². The minimum atomic E-state index is -1.61. The van der Waals surface area contributed by atoms with E-state index in [4.69, 9.17) is 5.73 Å². The zero-order valence-corrected chi connectivity index (χ0v) is 31.1. The number of nitrogens with zero attached hydrogens (tertiary/aromatic N) is 1. The number of rotatable bonds is 22. The van der Waals surface area contributed by atoms with Gasteiger partial charge in [0.05, 0.1) is 6.42 Å². The van der Waals surface area contributed by atoms with Gasteiger partial charge in [-0.2, -0.15) is 0 Å². The topological polar surface area (TPSA) is 254 Å². The van der Waals surface area contributed by atoms with Crippen molar-refractivity contribution in [1.29, 1.82) is 0 Å². The predicted molar refractivity (Wildman–Crippen MR) is 194 cm³/mol. The molecular formula is C37H56N6O10. The molecule has 0 heterocycles. The van der Waals surface area contributed by atoms with Crippen LogP contribution in [0.25, 0.3) is 0 Å². The number of carbonyl (C=O) groups excluding carboxylic acids is 6. The fourth-order valence-electron chi connectivity index (χ4n) is 6.58. The van der Waals surface area contributed by atoms with Crippen molar-refractivity contribution in [2.45, 2.75) is 129 Å². The van der Waals surface area contributed by atoms with Crippen molar-refractivity contribution < 1.29 is 48.6 Å². The van der Waals surface area contributed by atoms with Gasteiger partial charge in [0.2, 0.25) is 35.4 Å². The maximum atomic E-state index is 14.3. The molecule has 1 aromatic carbocycles. The second kappa shape index (κ2) is 22.1. The van der Waals surface area contributed by atoms with E-state index in [9.17, 15) is 48.6 Å². The van der Waals surface area contributed by atoms with Gasteiger partial charge >= 0.3 is 11.9 Å². The Morgan fingerprint density at radius 2 is 1.40 bits per heavy atom. The van der Waals surface area contributed by atoms with E-state index in [0.717, 1.165) is 37.0 Å². The standard InChI is InChI=1S/C37H56N6O10/c1-5-43(36(51)28(19-24-12-8-6-9-13-24)41-33(48)26(39-23(4)44)16-17-31(38)45)30(21-32(46)47)35(50)40-27(18-22(2)3)34(49)42-29(37(52)53)20-25-14-10-7-11-15-25/h7,10-11,14-15,22,24,26-30H,5-6,8-9,12-13,16-21H2,1-4H3,(H2,38,45)(H,39,44)(H,40,50)(H,41,48)(H,42,49)(H,46,47)(H,52,53)/t26-,27-,28-,29-,30-/m0/s1. The smallest absolute Gasteiger partial charge is 0.326 e. The quantitative estimate of drug-likeness (QED) is 0.0894. The summed E-state index contributed by atoms with van der Waals surface area (Å²) in [7, 11) is 0. The normalized spacial score (nSPS) is 15.9. The number of hydrogen-bond acceptors (Lipinski definition) is 8. The lowest BCUT2D eigenvalue weighted by molar-refractivity contribution is -0.149. The molecule has 0 aromatic heterocycles. The highest BCUT2D eigenvalue weighted by atomic mass is 16.4. The van der Waals surface area contributed by atoms with E-state index in [1.807, 2.05) is 0 Å². The van der Waals surface area contributed by atoms with Crippen molar-refractivity contribution >= 4 is 47.4 Å². The molecule has 0 bridgehead atoms. The Hall–Kier alpha value is -5.02. The molecule has 1 aliphatic carbocycles. The third-order valence-corrected chi connectivity index (χ3v) is 9.19. The Bertz CT molecular complexity index is 1430. The van der Waals surface area contributed by atoms with Gasteiger partial charge in [0, 0.05) is 26.3 Å². The number of nitrogens with two attached hydrogens (primary N) is 1.